The molecule has 15 heteroatoms. The maximum absolute atomic E-state index is 14.5. The van der Waals surface area contributed by atoms with E-state index >= 15 is 0 Å². The monoisotopic (exact) mass is 874 g/mol. The summed E-state index contributed by atoms with van der Waals surface area (Å²) in [5, 5.41) is 11.7. The molecule has 13 nitrogen and oxygen atoms in total. The topological polar surface area (TPSA) is 141 Å². The average molecular weight is 874 g/mol. The molecule has 0 radical (unpaired) electrons. The quantitative estimate of drug-likeness (QED) is 0.158. The lowest BCUT2D eigenvalue weighted by atomic mass is 9.76. The highest BCUT2D eigenvalue weighted by atomic mass is 28.4. The van der Waals surface area contributed by atoms with Crippen LogP contribution in [0.2, 0.25) is 39.3 Å². The Labute approximate surface area is 359 Å². The van der Waals surface area contributed by atoms with Gasteiger partial charge in [-0.15, -0.1) is 0 Å². The minimum Gasteiger partial charge on any atom is -0.459 e. The number of hydrogen-bond donors (Lipinski definition) is 1. The maximum Gasteiger partial charge on any atom is 0.311 e. The van der Waals surface area contributed by atoms with Crippen molar-refractivity contribution in [3.63, 3.8) is 0 Å². The molecule has 2 saturated heterocycles. The molecule has 0 spiro atoms. The second-order valence-corrected chi connectivity index (χ2v) is 29.5. The van der Waals surface area contributed by atoms with E-state index in [2.05, 4.69) is 44.2 Å². The third-order valence-corrected chi connectivity index (χ3v) is 14.4. The van der Waals surface area contributed by atoms with E-state index in [0.717, 1.165) is 6.42 Å². The van der Waals surface area contributed by atoms with Crippen molar-refractivity contribution < 1.29 is 56.7 Å². The Hall–Kier alpha value is -1.09. The Bertz CT molecular complexity index is 1430. The summed E-state index contributed by atoms with van der Waals surface area (Å²) in [6, 6.07) is -0.0127. The van der Waals surface area contributed by atoms with Crippen LogP contribution in [0.25, 0.3) is 0 Å². The summed E-state index contributed by atoms with van der Waals surface area (Å²) >= 11 is 0. The van der Waals surface area contributed by atoms with Gasteiger partial charge >= 0.3 is 5.97 Å². The number of nitrogens with zero attached hydrogens (tertiary/aromatic N) is 1. The highest BCUT2D eigenvalue weighted by Gasteiger charge is 2.54. The molecule has 0 aromatic heterocycles. The molecule has 59 heavy (non-hydrogen) atoms. The van der Waals surface area contributed by atoms with Crippen LogP contribution >= 0.6 is 0 Å². The summed E-state index contributed by atoms with van der Waals surface area (Å²) in [5.41, 5.74) is -3.15. The van der Waals surface area contributed by atoms with E-state index in [4.69, 9.17) is 42.0 Å². The second kappa shape index (κ2) is 20.2. The zero-order valence-corrected chi connectivity index (χ0v) is 42.3. The molecule has 3 aliphatic rings. The molecular formula is C44H83NO12Si2. The molecule has 3 aliphatic heterocycles. The molecule has 3 rings (SSSR count). The van der Waals surface area contributed by atoms with E-state index in [0.29, 0.717) is 18.4 Å². The summed E-state index contributed by atoms with van der Waals surface area (Å²) in [4.78, 5) is 30.8. The number of allylic oxidation sites excluding steroid dienone is 1. The van der Waals surface area contributed by atoms with Crippen LogP contribution in [0.1, 0.15) is 94.9 Å². The van der Waals surface area contributed by atoms with E-state index in [-0.39, 0.29) is 30.5 Å². The molecule has 0 aromatic rings. The first kappa shape index (κ1) is 52.3. The maximum atomic E-state index is 14.5. The number of cyclic esters (lactones) is 1. The van der Waals surface area contributed by atoms with Gasteiger partial charge in [0.05, 0.1) is 47.6 Å². The van der Waals surface area contributed by atoms with Gasteiger partial charge in [-0.05, 0) is 133 Å². The van der Waals surface area contributed by atoms with E-state index in [1.165, 1.54) is 6.08 Å². The summed E-state index contributed by atoms with van der Waals surface area (Å²) < 4.78 is 60.1. The first-order valence-electron chi connectivity index (χ1n) is 21.8. The highest BCUT2D eigenvalue weighted by Crippen LogP contribution is 2.42. The van der Waals surface area contributed by atoms with Gasteiger partial charge in [-0.1, -0.05) is 20.8 Å². The molecule has 3 heterocycles. The van der Waals surface area contributed by atoms with Crippen molar-refractivity contribution in [2.24, 2.45) is 17.8 Å². The van der Waals surface area contributed by atoms with E-state index in [1.807, 2.05) is 62.6 Å². The van der Waals surface area contributed by atoms with Crippen molar-refractivity contribution in [3.05, 3.63) is 11.6 Å². The lowest BCUT2D eigenvalue weighted by Crippen LogP contribution is -2.62. The van der Waals surface area contributed by atoms with E-state index in [1.54, 1.807) is 35.0 Å². The van der Waals surface area contributed by atoms with Gasteiger partial charge in [-0.2, -0.15) is 0 Å². The normalized spacial score (nSPS) is 43.5. The molecule has 0 amide bonds. The van der Waals surface area contributed by atoms with Crippen LogP contribution in [-0.4, -0.2) is 145 Å². The first-order chi connectivity index (χ1) is 26.9. The summed E-state index contributed by atoms with van der Waals surface area (Å²) in [7, 11) is 3.22. The van der Waals surface area contributed by atoms with Crippen LogP contribution in [0.5, 0.6) is 0 Å². The number of ether oxygens (including phenoxy) is 7. The summed E-state index contributed by atoms with van der Waals surface area (Å²) in [5.74, 6) is -2.75. The standard InChI is InChI=1S/C44H83NO12Si2/c1-21-33-42(8,48)23-26(2)35(46)27(3)24-43(9,49-13)38(55-41-37(56-58(15,16)17)32(45(11)12)22-28(4)51-41)29(5)36(30(6)40(47)53-33)54-34-25-44(10,50-14)39(31(7)52-34)57-59(18,19)20/h23,27-34,36-39,41,48H,21-22,24-25H2,1-20H3/b26-23+/t27-,28-,29+,30-,31+,32+,33-,34+,36+,37-,38-,39+,41+,42+,43-,44-/m1/s1. The Balaban J connectivity index is 2.28. The van der Waals surface area contributed by atoms with Gasteiger partial charge in [0.25, 0.3) is 0 Å². The fourth-order valence-corrected chi connectivity index (χ4v) is 11.7. The predicted octanol–water partition coefficient (Wildman–Crippen LogP) is 7.11. The zero-order chi connectivity index (χ0) is 45.2. The zero-order valence-electron chi connectivity index (χ0n) is 40.3. The summed E-state index contributed by atoms with van der Waals surface area (Å²) in [6.45, 7) is 31.5. The van der Waals surface area contributed by atoms with Crippen molar-refractivity contribution in [1.82, 2.24) is 4.90 Å². The van der Waals surface area contributed by atoms with Crippen molar-refractivity contribution in [2.75, 3.05) is 28.3 Å². The lowest BCUT2D eigenvalue weighted by molar-refractivity contribution is -0.316. The molecule has 0 aliphatic carbocycles. The number of rotatable bonds is 12. The summed E-state index contributed by atoms with van der Waals surface area (Å²) in [6.07, 6.45) is -2.48. The number of carbonyl (C=O) groups excluding carboxylic acids is 2. The number of Topliss-reactive ketones (excluding diaryl/α,β-unsaturated/α-hetero) is 1. The minimum absolute atomic E-state index is 0.0127. The van der Waals surface area contributed by atoms with E-state index in [9.17, 15) is 14.7 Å². The molecule has 0 saturated carbocycles. The molecule has 0 bridgehead atoms. The average Bonchev–Trinajstić information content (AvgIpc) is 3.11. The van der Waals surface area contributed by atoms with Crippen molar-refractivity contribution in [1.29, 1.82) is 0 Å². The number of likely N-dealkylation sites (N-methyl/N-ethyl adjacent to an activating group) is 1. The smallest absolute Gasteiger partial charge is 0.311 e. The predicted molar refractivity (Wildman–Crippen MR) is 234 cm³/mol. The van der Waals surface area contributed by atoms with Crippen LogP contribution in [-0.2, 0) is 51.6 Å². The SMILES string of the molecule is CC[C@H]1OC(=O)[C@H](C)[C@@H](O[C@H]2C[C@@](C)(OC)[C@@H](O[Si](C)(C)C)[C@H](C)O2)[C@H](C)[C@@H](O[C@@H]2O[C@H](C)C[C@H](N(C)C)[C@H]2O[Si](C)(C)C)[C@](C)(OC)C[C@@H](C)C(=O)/C(C)=C/[C@]1(C)O. The Morgan fingerprint density at radius 1 is 0.831 bits per heavy atom. The fraction of sp³-hybridized carbons (Fsp3) is 0.909. The number of methoxy groups -OCH3 is 2. The van der Waals surface area contributed by atoms with Gasteiger partial charge < -0.3 is 52.0 Å². The van der Waals surface area contributed by atoms with Gasteiger partial charge in [-0.3, -0.25) is 9.59 Å². The van der Waals surface area contributed by atoms with Crippen LogP contribution in [0.15, 0.2) is 11.6 Å². The third kappa shape index (κ3) is 13.2. The molecule has 0 unspecified atom stereocenters. The van der Waals surface area contributed by atoms with Crippen LogP contribution < -0.4 is 0 Å². The molecular weight excluding hydrogens is 791 g/mol. The Kier molecular flexibility index (Phi) is 17.9. The molecule has 0 aromatic carbocycles. The van der Waals surface area contributed by atoms with Crippen LogP contribution in [0.3, 0.4) is 0 Å². The van der Waals surface area contributed by atoms with E-state index < -0.39 is 100 Å². The first-order valence-corrected chi connectivity index (χ1v) is 28.6. The number of hydrogen-bond acceptors (Lipinski definition) is 13. The van der Waals surface area contributed by atoms with Gasteiger partial charge in [0.1, 0.15) is 17.8 Å². The van der Waals surface area contributed by atoms with Crippen LogP contribution in [0.4, 0.5) is 0 Å². The second-order valence-electron chi connectivity index (χ2n) is 20.6. The van der Waals surface area contributed by atoms with Gasteiger partial charge in [0.15, 0.2) is 35.0 Å². The number of aliphatic hydroxyl groups is 1. The number of carbonyl (C=O) groups is 2. The van der Waals surface area contributed by atoms with Crippen molar-refractivity contribution >= 4 is 28.4 Å². The molecule has 16 atom stereocenters. The van der Waals surface area contributed by atoms with Crippen LogP contribution in [0, 0.1) is 17.8 Å². The van der Waals surface area contributed by atoms with Crippen molar-refractivity contribution in [2.45, 2.75) is 212 Å². The molecule has 2 fully saturated rings. The highest BCUT2D eigenvalue weighted by molar-refractivity contribution is 6.70. The molecule has 344 valence electrons. The third-order valence-electron chi connectivity index (χ3n) is 12.5. The number of ketones is 1. The Morgan fingerprint density at radius 3 is 1.90 bits per heavy atom. The minimum atomic E-state index is -2.15. The largest absolute Gasteiger partial charge is 0.459 e. The van der Waals surface area contributed by atoms with Crippen molar-refractivity contribution in [3.8, 4) is 0 Å². The Morgan fingerprint density at radius 2 is 1.39 bits per heavy atom. The van der Waals surface area contributed by atoms with Gasteiger partial charge in [0, 0.05) is 38.5 Å². The number of esters is 1. The molecule has 1 N–H and O–H groups in total. The fourth-order valence-electron chi connectivity index (χ4n) is 9.38. The van der Waals surface area contributed by atoms with Gasteiger partial charge in [0.2, 0.25) is 0 Å². The van der Waals surface area contributed by atoms with Gasteiger partial charge in [-0.25, -0.2) is 0 Å². The lowest BCUT2D eigenvalue weighted by Gasteiger charge is -2.51.